The maximum Gasteiger partial charge on any atom is 0.315 e. The molecule has 2 rings (SSSR count). The van der Waals surface area contributed by atoms with Crippen molar-refractivity contribution in [3.05, 3.63) is 30.9 Å². The van der Waals surface area contributed by atoms with E-state index < -0.39 is 0 Å². The number of ether oxygens (including phenoxy) is 2. The Bertz CT molecular complexity index is 603. The van der Waals surface area contributed by atoms with Crippen LogP contribution in [-0.4, -0.2) is 45.3 Å². The Hall–Kier alpha value is -2.70. The maximum absolute atomic E-state index is 12.2. The van der Waals surface area contributed by atoms with Crippen molar-refractivity contribution in [1.82, 2.24) is 10.6 Å². The van der Waals surface area contributed by atoms with Crippen molar-refractivity contribution in [2.45, 2.75) is 12.5 Å². The zero-order valence-corrected chi connectivity index (χ0v) is 13.3. The first-order chi connectivity index (χ1) is 11.1. The number of rotatable bonds is 6. The topological polar surface area (TPSA) is 79.9 Å². The first-order valence-corrected chi connectivity index (χ1v) is 7.26. The van der Waals surface area contributed by atoms with E-state index in [0.29, 0.717) is 30.3 Å². The van der Waals surface area contributed by atoms with Crippen molar-refractivity contribution in [3.8, 4) is 11.5 Å². The lowest BCUT2D eigenvalue weighted by Gasteiger charge is -2.19. The number of methoxy groups -OCH3 is 2. The van der Waals surface area contributed by atoms with Crippen LogP contribution in [0.1, 0.15) is 6.42 Å². The van der Waals surface area contributed by atoms with Crippen LogP contribution in [0.5, 0.6) is 11.5 Å². The van der Waals surface area contributed by atoms with E-state index in [4.69, 9.17) is 9.47 Å². The van der Waals surface area contributed by atoms with E-state index in [0.717, 1.165) is 0 Å². The molecule has 0 unspecified atom stereocenters. The molecule has 1 aromatic carbocycles. The summed E-state index contributed by atoms with van der Waals surface area (Å²) in [6.45, 7) is 4.33. The molecule has 0 saturated carbocycles. The van der Waals surface area contributed by atoms with Crippen molar-refractivity contribution in [1.29, 1.82) is 0 Å². The van der Waals surface area contributed by atoms with E-state index in [2.05, 4.69) is 17.2 Å². The quantitative estimate of drug-likeness (QED) is 0.775. The number of hydrogen-bond donors (Lipinski definition) is 2. The minimum Gasteiger partial charge on any atom is -0.493 e. The monoisotopic (exact) mass is 319 g/mol. The highest BCUT2D eigenvalue weighted by atomic mass is 16.5. The second-order valence-corrected chi connectivity index (χ2v) is 5.09. The third-order valence-electron chi connectivity index (χ3n) is 3.55. The number of nitrogens with zero attached hydrogens (tertiary/aromatic N) is 1. The zero-order chi connectivity index (χ0) is 16.8. The van der Waals surface area contributed by atoms with Gasteiger partial charge in [-0.15, -0.1) is 6.58 Å². The van der Waals surface area contributed by atoms with Crippen molar-refractivity contribution >= 4 is 17.6 Å². The van der Waals surface area contributed by atoms with Crippen LogP contribution in [0.4, 0.5) is 10.5 Å². The van der Waals surface area contributed by atoms with Gasteiger partial charge in [-0.2, -0.15) is 0 Å². The maximum atomic E-state index is 12.2. The largest absolute Gasteiger partial charge is 0.493 e. The third-order valence-corrected chi connectivity index (χ3v) is 3.55. The van der Waals surface area contributed by atoms with Crippen LogP contribution in [0.2, 0.25) is 0 Å². The molecule has 1 aromatic rings. The summed E-state index contributed by atoms with van der Waals surface area (Å²) < 4.78 is 10.4. The number of carbonyl (C=O) groups excluding carboxylic acids is 2. The Morgan fingerprint density at radius 1 is 1.39 bits per heavy atom. The molecule has 1 atom stereocenters. The fourth-order valence-corrected chi connectivity index (χ4v) is 2.45. The predicted molar refractivity (Wildman–Crippen MR) is 87.0 cm³/mol. The second kappa shape index (κ2) is 7.53. The summed E-state index contributed by atoms with van der Waals surface area (Å²) in [5, 5.41) is 5.41. The third kappa shape index (κ3) is 3.94. The Morgan fingerprint density at radius 2 is 2.13 bits per heavy atom. The van der Waals surface area contributed by atoms with Crippen molar-refractivity contribution in [3.63, 3.8) is 0 Å². The van der Waals surface area contributed by atoms with Gasteiger partial charge in [0, 0.05) is 31.3 Å². The first kappa shape index (κ1) is 16.7. The molecule has 23 heavy (non-hydrogen) atoms. The summed E-state index contributed by atoms with van der Waals surface area (Å²) in [4.78, 5) is 25.5. The van der Waals surface area contributed by atoms with Crippen molar-refractivity contribution in [2.75, 3.05) is 32.2 Å². The van der Waals surface area contributed by atoms with E-state index >= 15 is 0 Å². The van der Waals surface area contributed by atoms with Gasteiger partial charge in [0.2, 0.25) is 5.91 Å². The Kier molecular flexibility index (Phi) is 5.46. The lowest BCUT2D eigenvalue weighted by atomic mass is 10.2. The van der Waals surface area contributed by atoms with Gasteiger partial charge in [0.25, 0.3) is 0 Å². The Labute approximate surface area is 135 Å². The number of benzene rings is 1. The van der Waals surface area contributed by atoms with E-state index in [1.165, 1.54) is 0 Å². The van der Waals surface area contributed by atoms with E-state index in [-0.39, 0.29) is 24.4 Å². The Balaban J connectivity index is 2.05. The van der Waals surface area contributed by atoms with Gasteiger partial charge in [0.05, 0.1) is 20.3 Å². The SMILES string of the molecule is C=CCNC(=O)N[C@@H]1CC(=O)N(c2ccc(OC)c(OC)c2)C1. The highest BCUT2D eigenvalue weighted by Gasteiger charge is 2.32. The number of amides is 3. The lowest BCUT2D eigenvalue weighted by molar-refractivity contribution is -0.117. The average molecular weight is 319 g/mol. The fraction of sp³-hybridized carbons (Fsp3) is 0.375. The molecule has 3 amide bonds. The van der Waals surface area contributed by atoms with Crippen LogP contribution in [0, 0.1) is 0 Å². The van der Waals surface area contributed by atoms with Gasteiger partial charge in [-0.05, 0) is 12.1 Å². The summed E-state index contributed by atoms with van der Waals surface area (Å²) in [7, 11) is 3.10. The normalized spacial score (nSPS) is 16.9. The molecule has 7 heteroatoms. The summed E-state index contributed by atoms with van der Waals surface area (Å²) in [5.41, 5.74) is 0.712. The number of hydrogen-bond acceptors (Lipinski definition) is 4. The molecule has 1 aliphatic heterocycles. The molecular weight excluding hydrogens is 298 g/mol. The van der Waals surface area contributed by atoms with Crippen LogP contribution in [-0.2, 0) is 4.79 Å². The second-order valence-electron chi connectivity index (χ2n) is 5.09. The standard InChI is InChI=1S/C16H21N3O4/c1-4-7-17-16(21)18-11-8-15(20)19(10-11)12-5-6-13(22-2)14(9-12)23-3/h4-6,9,11H,1,7-8,10H2,2-3H3,(H2,17,18,21)/t11-/m1/s1. The summed E-state index contributed by atoms with van der Waals surface area (Å²) in [5.74, 6) is 1.10. The molecular formula is C16H21N3O4. The zero-order valence-electron chi connectivity index (χ0n) is 13.3. The molecule has 0 radical (unpaired) electrons. The van der Waals surface area contributed by atoms with Gasteiger partial charge in [-0.3, -0.25) is 4.79 Å². The highest BCUT2D eigenvalue weighted by Crippen LogP contribution is 2.33. The van der Waals surface area contributed by atoms with Gasteiger partial charge in [0.15, 0.2) is 11.5 Å². The molecule has 124 valence electrons. The molecule has 7 nitrogen and oxygen atoms in total. The van der Waals surface area contributed by atoms with Crippen LogP contribution < -0.4 is 25.0 Å². The highest BCUT2D eigenvalue weighted by molar-refractivity contribution is 5.97. The molecule has 1 fully saturated rings. The summed E-state index contributed by atoms with van der Waals surface area (Å²) in [6.07, 6.45) is 1.85. The first-order valence-electron chi connectivity index (χ1n) is 7.26. The predicted octanol–water partition coefficient (Wildman–Crippen LogP) is 1.29. The minimum atomic E-state index is -0.308. The molecule has 1 aliphatic rings. The lowest BCUT2D eigenvalue weighted by Crippen LogP contribution is -2.43. The molecule has 1 heterocycles. The number of carbonyl (C=O) groups is 2. The average Bonchev–Trinajstić information content (AvgIpc) is 2.92. The number of nitrogens with one attached hydrogen (secondary N) is 2. The van der Waals surface area contributed by atoms with Gasteiger partial charge < -0.3 is 25.0 Å². The molecule has 0 bridgehead atoms. The van der Waals surface area contributed by atoms with Crippen LogP contribution >= 0.6 is 0 Å². The molecule has 0 aromatic heterocycles. The fourth-order valence-electron chi connectivity index (χ4n) is 2.45. The van der Waals surface area contributed by atoms with Crippen molar-refractivity contribution in [2.24, 2.45) is 0 Å². The summed E-state index contributed by atoms with van der Waals surface area (Å²) in [6, 6.07) is 4.74. The van der Waals surface area contributed by atoms with Crippen LogP contribution in [0.3, 0.4) is 0 Å². The summed E-state index contributed by atoms with van der Waals surface area (Å²) >= 11 is 0. The van der Waals surface area contributed by atoms with Gasteiger partial charge in [0.1, 0.15) is 0 Å². The molecule has 1 saturated heterocycles. The number of urea groups is 1. The number of anilines is 1. The van der Waals surface area contributed by atoms with Crippen LogP contribution in [0.25, 0.3) is 0 Å². The van der Waals surface area contributed by atoms with Gasteiger partial charge in [-0.25, -0.2) is 4.79 Å². The van der Waals surface area contributed by atoms with Gasteiger partial charge in [-0.1, -0.05) is 6.08 Å². The van der Waals surface area contributed by atoms with Gasteiger partial charge >= 0.3 is 6.03 Å². The molecule has 0 aliphatic carbocycles. The molecule has 2 N–H and O–H groups in total. The minimum absolute atomic E-state index is 0.0498. The van der Waals surface area contributed by atoms with E-state index in [9.17, 15) is 9.59 Å². The van der Waals surface area contributed by atoms with Crippen molar-refractivity contribution < 1.29 is 19.1 Å². The molecule has 0 spiro atoms. The van der Waals surface area contributed by atoms with Crippen LogP contribution in [0.15, 0.2) is 30.9 Å². The Morgan fingerprint density at radius 3 is 2.78 bits per heavy atom. The van der Waals surface area contributed by atoms with E-state index in [1.807, 2.05) is 0 Å². The smallest absolute Gasteiger partial charge is 0.315 e. The van der Waals surface area contributed by atoms with E-state index in [1.54, 1.807) is 43.4 Å².